The fraction of sp³-hybridized carbons (Fsp3) is 0.190. The van der Waals surface area contributed by atoms with Crippen molar-refractivity contribution in [2.45, 2.75) is 13.0 Å². The Labute approximate surface area is 158 Å². The smallest absolute Gasteiger partial charge is 0.307 e. The van der Waals surface area contributed by atoms with Gasteiger partial charge in [0.1, 0.15) is 0 Å². The van der Waals surface area contributed by atoms with E-state index in [1.165, 1.54) is 7.11 Å². The molecular weight excluding hydrogens is 342 g/mol. The monoisotopic (exact) mass is 363 g/mol. The summed E-state index contributed by atoms with van der Waals surface area (Å²) in [7, 11) is 1.34. The Morgan fingerprint density at radius 1 is 1.04 bits per heavy atom. The van der Waals surface area contributed by atoms with Gasteiger partial charge in [-0.1, -0.05) is 0 Å². The minimum Gasteiger partial charge on any atom is -0.469 e. The second kappa shape index (κ2) is 8.80. The van der Waals surface area contributed by atoms with E-state index < -0.39 is 0 Å². The van der Waals surface area contributed by atoms with Gasteiger partial charge in [-0.15, -0.1) is 0 Å². The van der Waals surface area contributed by atoms with Crippen molar-refractivity contribution in [2.75, 3.05) is 13.7 Å². The summed E-state index contributed by atoms with van der Waals surface area (Å²) >= 11 is 0. The molecule has 0 aliphatic rings. The summed E-state index contributed by atoms with van der Waals surface area (Å²) in [6, 6.07) is 15.0. The van der Waals surface area contributed by atoms with Gasteiger partial charge in [0.25, 0.3) is 5.91 Å². The quantitative estimate of drug-likeness (QED) is 0.605. The predicted octanol–water partition coefficient (Wildman–Crippen LogP) is 3.08. The van der Waals surface area contributed by atoms with E-state index in [4.69, 9.17) is 4.74 Å². The summed E-state index contributed by atoms with van der Waals surface area (Å²) < 4.78 is 6.68. The molecule has 0 spiro atoms. The molecule has 0 aliphatic heterocycles. The Balaban J connectivity index is 1.77. The van der Waals surface area contributed by atoms with Gasteiger partial charge in [-0.3, -0.25) is 14.6 Å². The van der Waals surface area contributed by atoms with E-state index in [-0.39, 0.29) is 24.8 Å². The van der Waals surface area contributed by atoms with Crippen molar-refractivity contribution in [1.29, 1.82) is 0 Å². The lowest BCUT2D eigenvalue weighted by molar-refractivity contribution is -0.140. The molecular formula is C21H21N3O3. The van der Waals surface area contributed by atoms with Crippen LogP contribution in [-0.4, -0.2) is 40.0 Å². The molecule has 6 heteroatoms. The molecule has 0 bridgehead atoms. The first-order valence-corrected chi connectivity index (χ1v) is 8.66. The topological polar surface area (TPSA) is 64.4 Å². The number of esters is 1. The van der Waals surface area contributed by atoms with Crippen molar-refractivity contribution in [3.05, 3.63) is 84.4 Å². The van der Waals surface area contributed by atoms with Crippen LogP contribution in [0.4, 0.5) is 0 Å². The average Bonchev–Trinajstić information content (AvgIpc) is 3.26. The molecule has 1 aromatic carbocycles. The van der Waals surface area contributed by atoms with E-state index >= 15 is 0 Å². The largest absolute Gasteiger partial charge is 0.469 e. The molecule has 0 saturated carbocycles. The fourth-order valence-corrected chi connectivity index (χ4v) is 2.75. The lowest BCUT2D eigenvalue weighted by Gasteiger charge is -2.22. The number of hydrogen-bond acceptors (Lipinski definition) is 4. The van der Waals surface area contributed by atoms with Crippen molar-refractivity contribution in [2.24, 2.45) is 0 Å². The third-order valence-electron chi connectivity index (χ3n) is 4.24. The summed E-state index contributed by atoms with van der Waals surface area (Å²) in [6.45, 7) is 0.685. The van der Waals surface area contributed by atoms with Crippen molar-refractivity contribution in [1.82, 2.24) is 14.5 Å². The standard InChI is InChI=1S/C21H21N3O3/c1-27-20(25)10-15-24(16-17-8-11-22-12-9-17)21(26)18-4-6-19(7-5-18)23-13-2-3-14-23/h2-9,11-14H,10,15-16H2,1H3. The van der Waals surface area contributed by atoms with Crippen molar-refractivity contribution >= 4 is 11.9 Å². The van der Waals surface area contributed by atoms with Crippen LogP contribution in [0.2, 0.25) is 0 Å². The van der Waals surface area contributed by atoms with Gasteiger partial charge in [0.05, 0.1) is 13.5 Å². The highest BCUT2D eigenvalue weighted by Crippen LogP contribution is 2.14. The van der Waals surface area contributed by atoms with Crippen LogP contribution in [0, 0.1) is 0 Å². The molecule has 6 nitrogen and oxygen atoms in total. The second-order valence-corrected chi connectivity index (χ2v) is 6.05. The summed E-state index contributed by atoms with van der Waals surface area (Å²) in [5, 5.41) is 0. The normalized spacial score (nSPS) is 10.4. The fourth-order valence-electron chi connectivity index (χ4n) is 2.75. The first-order chi connectivity index (χ1) is 13.2. The van der Waals surface area contributed by atoms with Crippen LogP contribution < -0.4 is 0 Å². The Kier molecular flexibility index (Phi) is 5.99. The molecule has 0 saturated heterocycles. The summed E-state index contributed by atoms with van der Waals surface area (Å²) in [5.74, 6) is -0.472. The van der Waals surface area contributed by atoms with Crippen LogP contribution in [0.5, 0.6) is 0 Å². The van der Waals surface area contributed by atoms with Gasteiger partial charge in [-0.05, 0) is 54.1 Å². The highest BCUT2D eigenvalue weighted by Gasteiger charge is 2.18. The molecule has 0 atom stereocenters. The Bertz CT molecular complexity index is 875. The molecule has 2 aromatic heterocycles. The highest BCUT2D eigenvalue weighted by atomic mass is 16.5. The molecule has 138 valence electrons. The first kappa shape index (κ1) is 18.4. The van der Waals surface area contributed by atoms with Gasteiger partial charge < -0.3 is 14.2 Å². The van der Waals surface area contributed by atoms with E-state index in [2.05, 4.69) is 4.98 Å². The Hall–Kier alpha value is -3.41. The lowest BCUT2D eigenvalue weighted by Crippen LogP contribution is -2.32. The van der Waals surface area contributed by atoms with Crippen molar-refractivity contribution in [3.8, 4) is 5.69 Å². The van der Waals surface area contributed by atoms with Crippen LogP contribution in [-0.2, 0) is 16.1 Å². The average molecular weight is 363 g/mol. The summed E-state index contributed by atoms with van der Waals surface area (Å²) in [6.07, 6.45) is 7.41. The Morgan fingerprint density at radius 3 is 2.33 bits per heavy atom. The van der Waals surface area contributed by atoms with Crippen LogP contribution >= 0.6 is 0 Å². The number of carbonyl (C=O) groups excluding carboxylic acids is 2. The molecule has 3 rings (SSSR count). The summed E-state index contributed by atoms with van der Waals surface area (Å²) in [4.78, 5) is 30.2. The van der Waals surface area contributed by atoms with E-state index in [0.29, 0.717) is 12.1 Å². The molecule has 0 radical (unpaired) electrons. The number of benzene rings is 1. The van der Waals surface area contributed by atoms with Gasteiger partial charge in [-0.2, -0.15) is 0 Å². The number of methoxy groups -OCH3 is 1. The van der Waals surface area contributed by atoms with Gasteiger partial charge >= 0.3 is 5.97 Å². The van der Waals surface area contributed by atoms with E-state index in [9.17, 15) is 9.59 Å². The highest BCUT2D eigenvalue weighted by molar-refractivity contribution is 5.94. The number of carbonyl (C=O) groups is 2. The molecule has 1 amide bonds. The number of amides is 1. The maximum absolute atomic E-state index is 13.0. The van der Waals surface area contributed by atoms with Gasteiger partial charge in [0.2, 0.25) is 0 Å². The zero-order chi connectivity index (χ0) is 19.1. The Morgan fingerprint density at radius 2 is 1.70 bits per heavy atom. The number of hydrogen-bond donors (Lipinski definition) is 0. The molecule has 0 fully saturated rings. The first-order valence-electron chi connectivity index (χ1n) is 8.66. The molecule has 0 aliphatic carbocycles. The maximum atomic E-state index is 13.0. The minimum atomic E-state index is -0.342. The number of aromatic nitrogens is 2. The third-order valence-corrected chi connectivity index (χ3v) is 4.24. The van der Waals surface area contributed by atoms with Crippen LogP contribution in [0.3, 0.4) is 0 Å². The van der Waals surface area contributed by atoms with E-state index in [1.54, 1.807) is 29.4 Å². The molecule has 2 heterocycles. The second-order valence-electron chi connectivity index (χ2n) is 6.05. The van der Waals surface area contributed by atoms with Gasteiger partial charge in [0.15, 0.2) is 0 Å². The number of ether oxygens (including phenoxy) is 1. The zero-order valence-electron chi connectivity index (χ0n) is 15.1. The number of rotatable bonds is 7. The maximum Gasteiger partial charge on any atom is 0.307 e. The molecule has 0 N–H and O–H groups in total. The number of pyridine rings is 1. The molecule has 0 unspecified atom stereocenters. The van der Waals surface area contributed by atoms with E-state index in [1.807, 2.05) is 53.4 Å². The predicted molar refractivity (Wildman–Crippen MR) is 101 cm³/mol. The van der Waals surface area contributed by atoms with Crippen molar-refractivity contribution in [3.63, 3.8) is 0 Å². The van der Waals surface area contributed by atoms with Crippen molar-refractivity contribution < 1.29 is 14.3 Å². The van der Waals surface area contributed by atoms with Gasteiger partial charge in [-0.25, -0.2) is 0 Å². The molecule has 27 heavy (non-hydrogen) atoms. The lowest BCUT2D eigenvalue weighted by atomic mass is 10.1. The van der Waals surface area contributed by atoms with Crippen LogP contribution in [0.15, 0.2) is 73.3 Å². The SMILES string of the molecule is COC(=O)CCN(Cc1ccncc1)C(=O)c1ccc(-n2cccc2)cc1. The summed E-state index contributed by atoms with van der Waals surface area (Å²) in [5.41, 5.74) is 2.50. The van der Waals surface area contributed by atoms with Crippen LogP contribution in [0.1, 0.15) is 22.3 Å². The number of nitrogens with zero attached hydrogens (tertiary/aromatic N) is 3. The minimum absolute atomic E-state index is 0.130. The van der Waals surface area contributed by atoms with Crippen LogP contribution in [0.25, 0.3) is 5.69 Å². The third kappa shape index (κ3) is 4.82. The van der Waals surface area contributed by atoms with Gasteiger partial charge in [0, 0.05) is 49.1 Å². The zero-order valence-corrected chi connectivity index (χ0v) is 15.1. The van der Waals surface area contributed by atoms with E-state index in [0.717, 1.165) is 11.3 Å². The molecule has 3 aromatic rings.